The SMILES string of the molecule is COc1ccc(C)cc1NC(=O)C1CC(=O)NC(N2CCOCC2)=N1. The van der Waals surface area contributed by atoms with Crippen LogP contribution < -0.4 is 15.4 Å². The van der Waals surface area contributed by atoms with Gasteiger partial charge in [0.15, 0.2) is 0 Å². The molecule has 0 spiro atoms. The molecule has 2 aliphatic rings. The molecule has 1 aromatic rings. The van der Waals surface area contributed by atoms with E-state index in [4.69, 9.17) is 9.47 Å². The number of amides is 2. The zero-order valence-electron chi connectivity index (χ0n) is 14.4. The van der Waals surface area contributed by atoms with Gasteiger partial charge in [-0.25, -0.2) is 4.99 Å². The Balaban J connectivity index is 1.76. The second kappa shape index (κ2) is 7.52. The molecule has 1 atom stereocenters. The van der Waals surface area contributed by atoms with Crippen molar-refractivity contribution in [1.82, 2.24) is 10.2 Å². The zero-order valence-corrected chi connectivity index (χ0v) is 14.4. The van der Waals surface area contributed by atoms with Gasteiger partial charge in [-0.2, -0.15) is 0 Å². The third-order valence-corrected chi connectivity index (χ3v) is 4.13. The first-order valence-electron chi connectivity index (χ1n) is 8.22. The predicted molar refractivity (Wildman–Crippen MR) is 92.7 cm³/mol. The first-order chi connectivity index (χ1) is 12.1. The number of methoxy groups -OCH3 is 1. The van der Waals surface area contributed by atoms with Gasteiger partial charge >= 0.3 is 0 Å². The summed E-state index contributed by atoms with van der Waals surface area (Å²) < 4.78 is 10.6. The van der Waals surface area contributed by atoms with Gasteiger partial charge in [0.25, 0.3) is 0 Å². The van der Waals surface area contributed by atoms with Gasteiger partial charge in [-0.05, 0) is 24.6 Å². The number of anilines is 1. The Bertz CT molecular complexity index is 698. The highest BCUT2D eigenvalue weighted by Crippen LogP contribution is 2.25. The molecule has 2 heterocycles. The number of nitrogens with zero attached hydrogens (tertiary/aromatic N) is 2. The van der Waals surface area contributed by atoms with E-state index >= 15 is 0 Å². The topological polar surface area (TPSA) is 92.3 Å². The summed E-state index contributed by atoms with van der Waals surface area (Å²) in [6.07, 6.45) is 0.0216. The number of nitrogens with one attached hydrogen (secondary N) is 2. The molecule has 8 heteroatoms. The number of guanidine groups is 1. The van der Waals surface area contributed by atoms with E-state index in [1.54, 1.807) is 13.2 Å². The maximum atomic E-state index is 12.6. The average Bonchev–Trinajstić information content (AvgIpc) is 2.62. The normalized spacial score (nSPS) is 20.6. The van der Waals surface area contributed by atoms with Gasteiger partial charge in [0.2, 0.25) is 17.8 Å². The summed E-state index contributed by atoms with van der Waals surface area (Å²) in [5, 5.41) is 5.57. The van der Waals surface area contributed by atoms with Crippen LogP contribution in [0.25, 0.3) is 0 Å². The van der Waals surface area contributed by atoms with E-state index in [0.717, 1.165) is 5.56 Å². The Morgan fingerprint density at radius 1 is 1.40 bits per heavy atom. The summed E-state index contributed by atoms with van der Waals surface area (Å²) >= 11 is 0. The number of ether oxygens (including phenoxy) is 2. The second-order valence-corrected chi connectivity index (χ2v) is 6.01. The minimum atomic E-state index is -0.767. The molecule has 1 fully saturated rings. The smallest absolute Gasteiger partial charge is 0.249 e. The second-order valence-electron chi connectivity index (χ2n) is 6.01. The van der Waals surface area contributed by atoms with Crippen LogP contribution in [0.4, 0.5) is 5.69 Å². The largest absolute Gasteiger partial charge is 0.495 e. The zero-order chi connectivity index (χ0) is 17.8. The lowest BCUT2D eigenvalue weighted by atomic mass is 10.1. The fourth-order valence-electron chi connectivity index (χ4n) is 2.80. The van der Waals surface area contributed by atoms with Crippen molar-refractivity contribution in [2.75, 3.05) is 38.7 Å². The van der Waals surface area contributed by atoms with Gasteiger partial charge in [-0.1, -0.05) is 6.07 Å². The van der Waals surface area contributed by atoms with Crippen molar-refractivity contribution >= 4 is 23.5 Å². The van der Waals surface area contributed by atoms with E-state index in [2.05, 4.69) is 15.6 Å². The van der Waals surface area contributed by atoms with Crippen LogP contribution >= 0.6 is 0 Å². The summed E-state index contributed by atoms with van der Waals surface area (Å²) in [6.45, 7) is 4.36. The van der Waals surface area contributed by atoms with Crippen molar-refractivity contribution in [1.29, 1.82) is 0 Å². The molecule has 0 radical (unpaired) electrons. The highest BCUT2D eigenvalue weighted by Gasteiger charge is 2.30. The van der Waals surface area contributed by atoms with Crippen molar-refractivity contribution < 1.29 is 19.1 Å². The fourth-order valence-corrected chi connectivity index (χ4v) is 2.80. The molecule has 2 amide bonds. The Hall–Kier alpha value is -2.61. The summed E-state index contributed by atoms with van der Waals surface area (Å²) in [7, 11) is 1.54. The summed E-state index contributed by atoms with van der Waals surface area (Å²) in [6, 6.07) is 4.75. The highest BCUT2D eigenvalue weighted by molar-refractivity contribution is 6.06. The van der Waals surface area contributed by atoms with Gasteiger partial charge in [0.1, 0.15) is 11.8 Å². The van der Waals surface area contributed by atoms with Gasteiger partial charge < -0.3 is 19.7 Å². The summed E-state index contributed by atoms with van der Waals surface area (Å²) in [5.74, 6) is 0.463. The first kappa shape index (κ1) is 17.2. The molecule has 1 aromatic carbocycles. The van der Waals surface area contributed by atoms with Gasteiger partial charge in [-0.15, -0.1) is 0 Å². The molecule has 134 valence electrons. The van der Waals surface area contributed by atoms with E-state index in [1.807, 2.05) is 24.0 Å². The maximum absolute atomic E-state index is 12.6. The van der Waals surface area contributed by atoms with Crippen LogP contribution in [0.3, 0.4) is 0 Å². The molecule has 8 nitrogen and oxygen atoms in total. The lowest BCUT2D eigenvalue weighted by Gasteiger charge is -2.32. The van der Waals surface area contributed by atoms with Crippen LogP contribution in [0.15, 0.2) is 23.2 Å². The molecule has 2 N–H and O–H groups in total. The highest BCUT2D eigenvalue weighted by atomic mass is 16.5. The van der Waals surface area contributed by atoms with Crippen molar-refractivity contribution in [3.63, 3.8) is 0 Å². The molecule has 1 saturated heterocycles. The first-order valence-corrected chi connectivity index (χ1v) is 8.22. The Labute approximate surface area is 146 Å². The lowest BCUT2D eigenvalue weighted by Crippen LogP contribution is -2.53. The van der Waals surface area contributed by atoms with Crippen LogP contribution in [0, 0.1) is 6.92 Å². The monoisotopic (exact) mass is 346 g/mol. The number of morpholine rings is 1. The minimum absolute atomic E-state index is 0.0216. The van der Waals surface area contributed by atoms with Gasteiger partial charge in [0.05, 0.1) is 32.4 Å². The Kier molecular flexibility index (Phi) is 5.18. The molecule has 0 saturated carbocycles. The number of hydrogen-bond donors (Lipinski definition) is 2. The van der Waals surface area contributed by atoms with Crippen molar-refractivity contribution in [2.45, 2.75) is 19.4 Å². The standard InChI is InChI=1S/C17H22N4O4/c1-11-3-4-14(24-2)12(9-11)18-16(23)13-10-15(22)20-17(19-13)21-5-7-25-8-6-21/h3-4,9,13H,5-8,10H2,1-2H3,(H,18,23)(H,19,20,22). The molecule has 2 aliphatic heterocycles. The molecular formula is C17H22N4O4. The number of hydrogen-bond acceptors (Lipinski definition) is 6. The number of carbonyl (C=O) groups excluding carboxylic acids is 2. The van der Waals surface area contributed by atoms with Crippen molar-refractivity contribution in [2.24, 2.45) is 4.99 Å². The Morgan fingerprint density at radius 3 is 2.88 bits per heavy atom. The molecule has 0 aliphatic carbocycles. The predicted octanol–water partition coefficient (Wildman–Crippen LogP) is 0.519. The van der Waals surface area contributed by atoms with Crippen molar-refractivity contribution in [3.05, 3.63) is 23.8 Å². The number of benzene rings is 1. The van der Waals surface area contributed by atoms with Crippen molar-refractivity contribution in [3.8, 4) is 5.75 Å². The average molecular weight is 346 g/mol. The van der Waals surface area contributed by atoms with Crippen LogP contribution in [-0.2, 0) is 14.3 Å². The number of aliphatic imine (C=N–C) groups is 1. The van der Waals surface area contributed by atoms with Gasteiger partial charge in [-0.3, -0.25) is 14.9 Å². The molecule has 25 heavy (non-hydrogen) atoms. The molecular weight excluding hydrogens is 324 g/mol. The van der Waals surface area contributed by atoms with Gasteiger partial charge in [0, 0.05) is 13.1 Å². The molecule has 0 aromatic heterocycles. The third kappa shape index (κ3) is 4.08. The lowest BCUT2D eigenvalue weighted by molar-refractivity contribution is -0.125. The third-order valence-electron chi connectivity index (χ3n) is 4.13. The fraction of sp³-hybridized carbons (Fsp3) is 0.471. The number of rotatable bonds is 3. The van der Waals surface area contributed by atoms with Crippen LogP contribution in [0.1, 0.15) is 12.0 Å². The quantitative estimate of drug-likeness (QED) is 0.832. The van der Waals surface area contributed by atoms with Crippen LogP contribution in [0.2, 0.25) is 0 Å². The number of carbonyl (C=O) groups is 2. The van der Waals surface area contributed by atoms with E-state index in [9.17, 15) is 9.59 Å². The van der Waals surface area contributed by atoms with E-state index in [1.165, 1.54) is 0 Å². The van der Waals surface area contributed by atoms with E-state index in [-0.39, 0.29) is 18.2 Å². The van der Waals surface area contributed by atoms with E-state index < -0.39 is 6.04 Å². The maximum Gasteiger partial charge on any atom is 0.249 e. The summed E-state index contributed by atoms with van der Waals surface area (Å²) in [5.41, 5.74) is 1.57. The van der Waals surface area contributed by atoms with E-state index in [0.29, 0.717) is 43.7 Å². The van der Waals surface area contributed by atoms with Crippen LogP contribution in [0.5, 0.6) is 5.75 Å². The minimum Gasteiger partial charge on any atom is -0.495 e. The molecule has 3 rings (SSSR count). The molecule has 0 bridgehead atoms. The number of aryl methyl sites for hydroxylation is 1. The summed E-state index contributed by atoms with van der Waals surface area (Å²) in [4.78, 5) is 31.0. The Morgan fingerprint density at radius 2 is 2.16 bits per heavy atom. The van der Waals surface area contributed by atoms with Crippen LogP contribution in [-0.4, -0.2) is 62.1 Å². The molecule has 1 unspecified atom stereocenters.